The fourth-order valence-corrected chi connectivity index (χ4v) is 13.7. The van der Waals surface area contributed by atoms with Crippen LogP contribution in [0.15, 0.2) is 0 Å². The van der Waals surface area contributed by atoms with Crippen molar-refractivity contribution in [3.63, 3.8) is 0 Å². The Bertz CT molecular complexity index is 1900. The molecule has 0 aromatic rings. The van der Waals surface area contributed by atoms with Crippen molar-refractivity contribution in [2.24, 2.45) is 17.8 Å². The fraction of sp³-hybridized carbons (Fsp3) is 0.949. The molecule has 0 spiro atoms. The molecule has 0 rings (SSSR count). The molecular weight excluding hydrogens is 1280 g/mol. The summed E-state index contributed by atoms with van der Waals surface area (Å²) in [6.07, 6.45) is 56.8. The molecule has 0 aliphatic heterocycles. The maximum absolute atomic E-state index is 13.1. The van der Waals surface area contributed by atoms with Crippen molar-refractivity contribution < 1.29 is 80.2 Å². The van der Waals surface area contributed by atoms with Crippen molar-refractivity contribution in [2.75, 3.05) is 39.6 Å². The molecule has 582 valence electrons. The highest BCUT2D eigenvalue weighted by atomic mass is 31.2. The Hall–Kier alpha value is -1.94. The van der Waals surface area contributed by atoms with E-state index in [0.717, 1.165) is 108 Å². The van der Waals surface area contributed by atoms with Crippen molar-refractivity contribution >= 4 is 39.5 Å². The summed E-state index contributed by atoms with van der Waals surface area (Å²) < 4.78 is 68.7. The van der Waals surface area contributed by atoms with E-state index in [4.69, 9.17) is 37.0 Å². The second-order valence-corrected chi connectivity index (χ2v) is 32.8. The van der Waals surface area contributed by atoms with Crippen LogP contribution in [0.3, 0.4) is 0 Å². The van der Waals surface area contributed by atoms with Gasteiger partial charge in [0, 0.05) is 25.7 Å². The van der Waals surface area contributed by atoms with Crippen LogP contribution in [0.4, 0.5) is 0 Å². The van der Waals surface area contributed by atoms with Gasteiger partial charge in [0.1, 0.15) is 19.3 Å². The number of rotatable bonds is 77. The zero-order valence-corrected chi connectivity index (χ0v) is 66.0. The van der Waals surface area contributed by atoms with E-state index in [1.807, 2.05) is 0 Å². The Morgan fingerprint density at radius 2 is 0.469 bits per heavy atom. The maximum atomic E-state index is 13.1. The van der Waals surface area contributed by atoms with E-state index in [0.29, 0.717) is 25.7 Å². The number of ether oxygens (including phenoxy) is 4. The fourth-order valence-electron chi connectivity index (χ4n) is 12.1. The Labute approximate surface area is 600 Å². The summed E-state index contributed by atoms with van der Waals surface area (Å²) in [4.78, 5) is 73.0. The minimum Gasteiger partial charge on any atom is -0.462 e. The molecule has 0 aromatic carbocycles. The molecule has 19 heteroatoms. The highest BCUT2D eigenvalue weighted by Crippen LogP contribution is 2.45. The molecular formula is C79H154O17P2. The van der Waals surface area contributed by atoms with E-state index in [2.05, 4.69) is 48.5 Å². The monoisotopic (exact) mass is 1440 g/mol. The summed E-state index contributed by atoms with van der Waals surface area (Å²) in [7, 11) is -9.92. The lowest BCUT2D eigenvalue weighted by atomic mass is 10.0. The van der Waals surface area contributed by atoms with E-state index >= 15 is 0 Å². The lowest BCUT2D eigenvalue weighted by Gasteiger charge is -2.21. The van der Waals surface area contributed by atoms with Gasteiger partial charge < -0.3 is 33.8 Å². The largest absolute Gasteiger partial charge is 0.472 e. The van der Waals surface area contributed by atoms with Crippen LogP contribution >= 0.6 is 15.6 Å². The number of phosphoric ester groups is 2. The number of carbonyl (C=O) groups excluding carboxylic acids is 4. The Balaban J connectivity index is 5.27. The molecule has 3 N–H and O–H groups in total. The third-order valence-electron chi connectivity index (χ3n) is 18.4. The van der Waals surface area contributed by atoms with Crippen molar-refractivity contribution in [1.82, 2.24) is 0 Å². The zero-order valence-electron chi connectivity index (χ0n) is 64.3. The maximum Gasteiger partial charge on any atom is 0.472 e. The summed E-state index contributed by atoms with van der Waals surface area (Å²) in [5.41, 5.74) is 0. The first-order valence-corrected chi connectivity index (χ1v) is 43.8. The average molecular weight is 1440 g/mol. The second-order valence-electron chi connectivity index (χ2n) is 29.9. The first kappa shape index (κ1) is 96.1. The molecule has 98 heavy (non-hydrogen) atoms. The second kappa shape index (κ2) is 69.4. The first-order valence-electron chi connectivity index (χ1n) is 40.8. The number of carbonyl (C=O) groups is 4. The molecule has 17 nitrogen and oxygen atoms in total. The summed E-state index contributed by atoms with van der Waals surface area (Å²) in [5.74, 6) is 0.194. The summed E-state index contributed by atoms with van der Waals surface area (Å²) >= 11 is 0. The van der Waals surface area contributed by atoms with E-state index in [-0.39, 0.29) is 25.7 Å². The van der Waals surface area contributed by atoms with Gasteiger partial charge in [-0.2, -0.15) is 0 Å². The SMILES string of the molecule is CCCCCCCCCCCCCCCCCC(=O)OC[C@H](COP(=O)(O)OC[C@@H](O)COP(=O)(O)OC[C@@H](COC(=O)CCCCCCCCCCCCC(C)C)OC(=O)CCCCCCCCCCCCC(C)C)OC(=O)CCCCCCCCCCCCCCCCC(C)C. The summed E-state index contributed by atoms with van der Waals surface area (Å²) in [5, 5.41) is 10.6. The molecule has 0 amide bonds. The molecule has 0 aliphatic carbocycles. The zero-order chi connectivity index (χ0) is 72.3. The number of unbranched alkanes of at least 4 members (excludes halogenated alkanes) is 45. The minimum absolute atomic E-state index is 0.106. The van der Waals surface area contributed by atoms with Crippen molar-refractivity contribution in [2.45, 2.75) is 426 Å². The molecule has 0 saturated carbocycles. The lowest BCUT2D eigenvalue weighted by molar-refractivity contribution is -0.161. The van der Waals surface area contributed by atoms with E-state index < -0.39 is 97.5 Å². The third kappa shape index (κ3) is 72.4. The van der Waals surface area contributed by atoms with Gasteiger partial charge in [-0.3, -0.25) is 37.3 Å². The molecule has 0 aromatic heterocycles. The highest BCUT2D eigenvalue weighted by Gasteiger charge is 2.30. The normalized spacial score (nSPS) is 14.0. The predicted octanol–water partition coefficient (Wildman–Crippen LogP) is 23.4. The van der Waals surface area contributed by atoms with Crippen molar-refractivity contribution in [3.8, 4) is 0 Å². The van der Waals surface area contributed by atoms with Crippen LogP contribution in [0.5, 0.6) is 0 Å². The van der Waals surface area contributed by atoms with Gasteiger partial charge in [-0.25, -0.2) is 9.13 Å². The molecule has 0 heterocycles. The number of aliphatic hydroxyl groups is 1. The number of esters is 4. The van der Waals surface area contributed by atoms with Crippen LogP contribution in [0.25, 0.3) is 0 Å². The van der Waals surface area contributed by atoms with Gasteiger partial charge in [0.05, 0.1) is 26.4 Å². The van der Waals surface area contributed by atoms with Gasteiger partial charge in [0.15, 0.2) is 12.2 Å². The van der Waals surface area contributed by atoms with Gasteiger partial charge in [0.2, 0.25) is 0 Å². The molecule has 0 saturated heterocycles. The molecule has 2 unspecified atom stereocenters. The smallest absolute Gasteiger partial charge is 0.462 e. The number of aliphatic hydroxyl groups excluding tert-OH is 1. The molecule has 0 radical (unpaired) electrons. The number of phosphoric acid groups is 2. The van der Waals surface area contributed by atoms with Crippen LogP contribution in [-0.2, 0) is 65.4 Å². The topological polar surface area (TPSA) is 237 Å². The molecule has 5 atom stereocenters. The van der Waals surface area contributed by atoms with Crippen molar-refractivity contribution in [1.29, 1.82) is 0 Å². The summed E-state index contributed by atoms with van der Waals surface area (Å²) in [6, 6.07) is 0. The standard InChI is InChI=1S/C79H154O17P2/c1-8-9-10-11-12-13-14-15-16-20-23-32-39-46-53-60-76(81)89-66-74(95-78(83)62-55-48-41-34-24-21-18-17-19-22-29-36-43-50-57-70(2)3)68-93-97(85,86)91-64-73(80)65-92-98(87,88)94-69-75(96-79(84)63-56-49-42-35-28-26-31-38-45-52-59-72(6)7)67-90-77(82)61-54-47-40-33-27-25-30-37-44-51-58-71(4)5/h70-75,80H,8-69H2,1-7H3,(H,85,86)(H,87,88)/t73-,74-,75-/m1/s1. The quantitative estimate of drug-likeness (QED) is 0.0222. The molecule has 0 bridgehead atoms. The van der Waals surface area contributed by atoms with Gasteiger partial charge in [-0.05, 0) is 43.4 Å². The summed E-state index contributed by atoms with van der Waals surface area (Å²) in [6.45, 7) is 11.9. The Morgan fingerprint density at radius 1 is 0.276 bits per heavy atom. The highest BCUT2D eigenvalue weighted by molar-refractivity contribution is 7.47. The lowest BCUT2D eigenvalue weighted by Crippen LogP contribution is -2.30. The van der Waals surface area contributed by atoms with E-state index in [1.54, 1.807) is 0 Å². The van der Waals surface area contributed by atoms with Crippen LogP contribution < -0.4 is 0 Å². The number of hydrogen-bond donors (Lipinski definition) is 3. The van der Waals surface area contributed by atoms with Crippen LogP contribution in [-0.4, -0.2) is 96.7 Å². The van der Waals surface area contributed by atoms with Gasteiger partial charge in [-0.1, -0.05) is 357 Å². The van der Waals surface area contributed by atoms with Crippen molar-refractivity contribution in [3.05, 3.63) is 0 Å². The minimum atomic E-state index is -4.96. The Kier molecular flexibility index (Phi) is 68.1. The predicted molar refractivity (Wildman–Crippen MR) is 400 cm³/mol. The van der Waals surface area contributed by atoms with Crippen LogP contribution in [0, 0.1) is 17.8 Å². The van der Waals surface area contributed by atoms with Crippen LogP contribution in [0.2, 0.25) is 0 Å². The molecule has 0 fully saturated rings. The number of hydrogen-bond acceptors (Lipinski definition) is 15. The first-order chi connectivity index (χ1) is 47.2. The van der Waals surface area contributed by atoms with Crippen LogP contribution in [0.1, 0.15) is 408 Å². The van der Waals surface area contributed by atoms with E-state index in [9.17, 15) is 43.2 Å². The Morgan fingerprint density at radius 3 is 0.694 bits per heavy atom. The van der Waals surface area contributed by atoms with Gasteiger partial charge in [-0.15, -0.1) is 0 Å². The molecule has 0 aliphatic rings. The average Bonchev–Trinajstić information content (AvgIpc) is 1.04. The van der Waals surface area contributed by atoms with E-state index in [1.165, 1.54) is 218 Å². The van der Waals surface area contributed by atoms with Gasteiger partial charge in [0.25, 0.3) is 0 Å². The third-order valence-corrected chi connectivity index (χ3v) is 20.3. The van der Waals surface area contributed by atoms with Gasteiger partial charge >= 0.3 is 39.5 Å².